The average Bonchev–Trinajstić information content (AvgIpc) is 2.78. The third-order valence-corrected chi connectivity index (χ3v) is 5.54. The molecule has 1 heterocycles. The maximum atomic E-state index is 13.6. The monoisotopic (exact) mass is 399 g/mol. The number of fused-ring (bicyclic) bond motifs is 3. The van der Waals surface area contributed by atoms with Crippen molar-refractivity contribution in [1.82, 2.24) is 0 Å². The summed E-state index contributed by atoms with van der Waals surface area (Å²) in [5.74, 6) is 0. The SMILES string of the molecule is FC(F)(F)c1ccc2c(c1)N(c1ccccc1)B(c1ccccc1)c1ccccc1-2. The van der Waals surface area contributed by atoms with E-state index in [9.17, 15) is 13.2 Å². The van der Waals surface area contributed by atoms with Crippen molar-refractivity contribution in [1.29, 1.82) is 0 Å². The van der Waals surface area contributed by atoms with Crippen LogP contribution in [0, 0.1) is 0 Å². The van der Waals surface area contributed by atoms with Gasteiger partial charge in [-0.3, -0.25) is 0 Å². The van der Waals surface area contributed by atoms with Crippen LogP contribution in [0.4, 0.5) is 24.5 Å². The van der Waals surface area contributed by atoms with Gasteiger partial charge in [0, 0.05) is 16.9 Å². The Bertz CT molecular complexity index is 1190. The summed E-state index contributed by atoms with van der Waals surface area (Å²) in [6.45, 7) is -0.235. The van der Waals surface area contributed by atoms with Crippen molar-refractivity contribution in [3.8, 4) is 11.1 Å². The molecule has 0 radical (unpaired) electrons. The van der Waals surface area contributed by atoms with Gasteiger partial charge in [0.2, 0.25) is 0 Å². The second kappa shape index (κ2) is 7.10. The highest BCUT2D eigenvalue weighted by Crippen LogP contribution is 2.42. The van der Waals surface area contributed by atoms with Crippen molar-refractivity contribution in [2.75, 3.05) is 4.81 Å². The zero-order chi connectivity index (χ0) is 20.7. The van der Waals surface area contributed by atoms with Crippen LogP contribution in [0.1, 0.15) is 5.56 Å². The van der Waals surface area contributed by atoms with Gasteiger partial charge < -0.3 is 4.81 Å². The second-order valence-corrected chi connectivity index (χ2v) is 7.34. The lowest BCUT2D eigenvalue weighted by molar-refractivity contribution is -0.137. The Hall–Kier alpha value is -3.47. The molecule has 1 aliphatic heterocycles. The van der Waals surface area contributed by atoms with Gasteiger partial charge in [0.05, 0.1) is 5.56 Å². The Kier molecular flexibility index (Phi) is 4.39. The Labute approximate surface area is 173 Å². The summed E-state index contributed by atoms with van der Waals surface area (Å²) in [5, 5.41) is 0. The first-order valence-electron chi connectivity index (χ1n) is 9.74. The van der Waals surface area contributed by atoms with Gasteiger partial charge in [0.25, 0.3) is 0 Å². The first-order valence-corrected chi connectivity index (χ1v) is 9.74. The van der Waals surface area contributed by atoms with E-state index < -0.39 is 11.7 Å². The highest BCUT2D eigenvalue weighted by molar-refractivity contribution is 6.90. The normalized spacial score (nSPS) is 13.0. The maximum absolute atomic E-state index is 13.6. The molecule has 30 heavy (non-hydrogen) atoms. The van der Waals surface area contributed by atoms with E-state index >= 15 is 0 Å². The second-order valence-electron chi connectivity index (χ2n) is 7.34. The van der Waals surface area contributed by atoms with Crippen LogP contribution >= 0.6 is 0 Å². The van der Waals surface area contributed by atoms with E-state index in [0.717, 1.165) is 27.7 Å². The van der Waals surface area contributed by atoms with E-state index in [1.807, 2.05) is 83.7 Å². The molecule has 0 unspecified atom stereocenters. The first kappa shape index (κ1) is 18.6. The summed E-state index contributed by atoms with van der Waals surface area (Å²) in [5.41, 5.74) is 4.62. The lowest BCUT2D eigenvalue weighted by atomic mass is 9.45. The quantitative estimate of drug-likeness (QED) is 0.395. The Morgan fingerprint density at radius 1 is 0.633 bits per heavy atom. The molecule has 5 heteroatoms. The molecule has 0 N–H and O–H groups in total. The van der Waals surface area contributed by atoms with Crippen LogP contribution in [0.2, 0.25) is 0 Å². The van der Waals surface area contributed by atoms with E-state index in [1.165, 1.54) is 12.1 Å². The van der Waals surface area contributed by atoms with Crippen molar-refractivity contribution >= 4 is 29.1 Å². The molecule has 0 bridgehead atoms. The van der Waals surface area contributed by atoms with E-state index in [0.29, 0.717) is 5.69 Å². The number of anilines is 2. The minimum absolute atomic E-state index is 0.235. The minimum Gasteiger partial charge on any atom is -0.376 e. The van der Waals surface area contributed by atoms with Gasteiger partial charge in [-0.25, -0.2) is 0 Å². The summed E-state index contributed by atoms with van der Waals surface area (Å²) in [4.78, 5) is 2.02. The molecule has 146 valence electrons. The van der Waals surface area contributed by atoms with Crippen LogP contribution in [-0.4, -0.2) is 6.85 Å². The minimum atomic E-state index is -4.41. The zero-order valence-corrected chi connectivity index (χ0v) is 16.0. The number of hydrogen-bond acceptors (Lipinski definition) is 1. The smallest absolute Gasteiger partial charge is 0.376 e. The number of halogens is 3. The van der Waals surface area contributed by atoms with Crippen LogP contribution in [0.15, 0.2) is 103 Å². The molecule has 0 atom stereocenters. The molecule has 0 aliphatic carbocycles. The molecule has 0 fully saturated rings. The lowest BCUT2D eigenvalue weighted by Gasteiger charge is -2.39. The molecular weight excluding hydrogens is 382 g/mol. The topological polar surface area (TPSA) is 3.24 Å². The van der Waals surface area contributed by atoms with Gasteiger partial charge in [0.15, 0.2) is 0 Å². The van der Waals surface area contributed by atoms with Gasteiger partial charge in [-0.2, -0.15) is 13.2 Å². The summed E-state index contributed by atoms with van der Waals surface area (Å²) >= 11 is 0. The van der Waals surface area contributed by atoms with Crippen LogP contribution in [0.25, 0.3) is 11.1 Å². The van der Waals surface area contributed by atoms with Crippen molar-refractivity contribution in [2.45, 2.75) is 6.18 Å². The molecule has 1 aliphatic rings. The van der Waals surface area contributed by atoms with Gasteiger partial charge in [0.1, 0.15) is 0 Å². The number of alkyl halides is 3. The van der Waals surface area contributed by atoms with Crippen LogP contribution in [0.3, 0.4) is 0 Å². The highest BCUT2D eigenvalue weighted by atomic mass is 19.4. The largest absolute Gasteiger partial charge is 0.416 e. The molecule has 0 saturated carbocycles. The molecule has 4 aromatic carbocycles. The average molecular weight is 399 g/mol. The summed E-state index contributed by atoms with van der Waals surface area (Å²) < 4.78 is 40.8. The Morgan fingerprint density at radius 3 is 1.97 bits per heavy atom. The molecule has 0 aromatic heterocycles. The van der Waals surface area contributed by atoms with E-state index in [-0.39, 0.29) is 6.85 Å². The molecule has 0 spiro atoms. The van der Waals surface area contributed by atoms with E-state index in [4.69, 9.17) is 0 Å². The predicted octanol–water partition coefficient (Wildman–Crippen LogP) is 5.63. The van der Waals surface area contributed by atoms with Gasteiger partial charge >= 0.3 is 13.0 Å². The Morgan fingerprint density at radius 2 is 1.27 bits per heavy atom. The number of hydrogen-bond donors (Lipinski definition) is 0. The number of rotatable bonds is 2. The molecule has 5 rings (SSSR count). The molecular formula is C25H17BF3N. The van der Waals surface area contributed by atoms with Crippen molar-refractivity contribution in [2.24, 2.45) is 0 Å². The highest BCUT2D eigenvalue weighted by Gasteiger charge is 2.39. The van der Waals surface area contributed by atoms with E-state index in [1.54, 1.807) is 6.07 Å². The fourth-order valence-electron chi connectivity index (χ4n) is 4.23. The van der Waals surface area contributed by atoms with Gasteiger partial charge in [-0.05, 0) is 35.3 Å². The van der Waals surface area contributed by atoms with Crippen molar-refractivity contribution in [3.63, 3.8) is 0 Å². The van der Waals surface area contributed by atoms with Crippen LogP contribution in [-0.2, 0) is 6.18 Å². The summed E-state index contributed by atoms with van der Waals surface area (Å²) in [7, 11) is 0. The summed E-state index contributed by atoms with van der Waals surface area (Å²) in [6.07, 6.45) is -4.41. The number of para-hydroxylation sites is 1. The molecule has 0 saturated heterocycles. The van der Waals surface area contributed by atoms with Crippen molar-refractivity contribution in [3.05, 3.63) is 109 Å². The number of nitrogens with zero attached hydrogens (tertiary/aromatic N) is 1. The zero-order valence-electron chi connectivity index (χ0n) is 16.0. The summed E-state index contributed by atoms with van der Waals surface area (Å²) in [6, 6.07) is 31.5. The third kappa shape index (κ3) is 3.07. The third-order valence-electron chi connectivity index (χ3n) is 5.54. The number of benzene rings is 4. The predicted molar refractivity (Wildman–Crippen MR) is 117 cm³/mol. The fraction of sp³-hybridized carbons (Fsp3) is 0.0400. The standard InChI is InChI=1S/C25H17BF3N/c27-25(28,29)18-15-16-22-21-13-7-8-14-23(21)26(19-9-3-1-4-10-19)30(24(22)17-18)20-11-5-2-6-12-20/h1-17H. The van der Waals surface area contributed by atoms with Crippen molar-refractivity contribution < 1.29 is 13.2 Å². The van der Waals surface area contributed by atoms with E-state index in [2.05, 4.69) is 6.07 Å². The fourth-order valence-corrected chi connectivity index (χ4v) is 4.23. The molecule has 0 amide bonds. The molecule has 1 nitrogen and oxygen atoms in total. The van der Waals surface area contributed by atoms with Gasteiger partial charge in [-0.15, -0.1) is 0 Å². The van der Waals surface area contributed by atoms with Crippen LogP contribution < -0.4 is 15.7 Å². The maximum Gasteiger partial charge on any atom is 0.416 e. The van der Waals surface area contributed by atoms with Gasteiger partial charge in [-0.1, -0.05) is 84.3 Å². The van der Waals surface area contributed by atoms with Crippen LogP contribution in [0.5, 0.6) is 0 Å². The first-order chi connectivity index (χ1) is 14.5. The Balaban J connectivity index is 1.84. The molecule has 4 aromatic rings. The lowest BCUT2D eigenvalue weighted by Crippen LogP contribution is -2.57.